The number of H-pyrrole nitrogens is 1. The van der Waals surface area contributed by atoms with Gasteiger partial charge in [-0.25, -0.2) is 0 Å². The van der Waals surface area contributed by atoms with E-state index in [1.807, 2.05) is 42.6 Å². The van der Waals surface area contributed by atoms with Crippen LogP contribution in [0.5, 0.6) is 5.75 Å². The lowest BCUT2D eigenvalue weighted by atomic mass is 9.83. The second-order valence-corrected chi connectivity index (χ2v) is 11.0. The predicted octanol–water partition coefficient (Wildman–Crippen LogP) is 5.12. The third-order valence-electron chi connectivity index (χ3n) is 7.63. The molecule has 11 heteroatoms. The van der Waals surface area contributed by atoms with Gasteiger partial charge in [0.2, 0.25) is 0 Å². The molecule has 0 amide bonds. The van der Waals surface area contributed by atoms with Gasteiger partial charge in [0.15, 0.2) is 0 Å². The first-order chi connectivity index (χ1) is 19.9. The second-order valence-electron chi connectivity index (χ2n) is 11.0. The van der Waals surface area contributed by atoms with Crippen LogP contribution in [0.25, 0.3) is 17.0 Å². The van der Waals surface area contributed by atoms with Crippen molar-refractivity contribution in [3.63, 3.8) is 0 Å². The van der Waals surface area contributed by atoms with Crippen molar-refractivity contribution in [2.24, 2.45) is 17.6 Å². The molecule has 3 aromatic rings. The first kappa shape index (κ1) is 31.1. The maximum Gasteiger partial charge on any atom is 0.389 e. The largest absolute Gasteiger partial charge is 0.494 e. The van der Waals surface area contributed by atoms with Crippen LogP contribution >= 0.6 is 0 Å². The Morgan fingerprint density at radius 2 is 1.90 bits per heavy atom. The van der Waals surface area contributed by atoms with Crippen molar-refractivity contribution in [2.75, 3.05) is 26.2 Å². The van der Waals surface area contributed by atoms with Gasteiger partial charge in [-0.05, 0) is 53.6 Å². The summed E-state index contributed by atoms with van der Waals surface area (Å²) in [6.07, 6.45) is 0.125. The Morgan fingerprint density at radius 3 is 2.60 bits per heavy atom. The van der Waals surface area contributed by atoms with E-state index in [9.17, 15) is 22.8 Å². The van der Waals surface area contributed by atoms with Crippen LogP contribution in [0.2, 0.25) is 0 Å². The highest BCUT2D eigenvalue weighted by atomic mass is 19.4. The number of nitrogens with two attached hydrogens (primary N) is 1. The fourth-order valence-electron chi connectivity index (χ4n) is 5.19. The van der Waals surface area contributed by atoms with Crippen LogP contribution in [0, 0.1) is 11.8 Å². The molecule has 0 unspecified atom stereocenters. The number of halogens is 3. The number of benzene rings is 2. The number of hydrogen-bond donors (Lipinski definition) is 4. The summed E-state index contributed by atoms with van der Waals surface area (Å²) in [6, 6.07) is 12.6. The van der Waals surface area contributed by atoms with Gasteiger partial charge in [-0.3, -0.25) is 14.5 Å². The monoisotopic (exact) mass is 587 g/mol. The summed E-state index contributed by atoms with van der Waals surface area (Å²) in [4.78, 5) is 26.8. The lowest BCUT2D eigenvalue weighted by molar-refractivity contribution is -0.147. The lowest BCUT2D eigenvalue weighted by Gasteiger charge is -2.38. The molecular formula is C31H36F3N3O5. The first-order valence-corrected chi connectivity index (χ1v) is 13.9. The van der Waals surface area contributed by atoms with Gasteiger partial charge in [-0.15, -0.1) is 0 Å². The molecule has 1 fully saturated rings. The van der Waals surface area contributed by atoms with E-state index >= 15 is 0 Å². The van der Waals surface area contributed by atoms with Crippen LogP contribution in [-0.2, 0) is 22.4 Å². The fourth-order valence-corrected chi connectivity index (χ4v) is 5.19. The topological polar surface area (TPSA) is 129 Å². The summed E-state index contributed by atoms with van der Waals surface area (Å²) in [7, 11) is 0. The molecule has 1 aliphatic heterocycles. The van der Waals surface area contributed by atoms with Crippen molar-refractivity contribution in [3.05, 3.63) is 70.9 Å². The van der Waals surface area contributed by atoms with Gasteiger partial charge in [0.05, 0.1) is 12.5 Å². The van der Waals surface area contributed by atoms with Crippen molar-refractivity contribution in [2.45, 2.75) is 44.8 Å². The van der Waals surface area contributed by atoms with E-state index in [1.54, 1.807) is 6.07 Å². The van der Waals surface area contributed by atoms with E-state index in [4.69, 9.17) is 20.7 Å². The normalized spacial score (nSPS) is 17.8. The summed E-state index contributed by atoms with van der Waals surface area (Å²) in [5.74, 6) is -1.02. The first-order valence-electron chi connectivity index (χ1n) is 13.9. The number of carbonyl (C=O) groups is 2. The average Bonchev–Trinajstić information content (AvgIpc) is 3.31. The van der Waals surface area contributed by atoms with E-state index in [0.29, 0.717) is 31.2 Å². The summed E-state index contributed by atoms with van der Waals surface area (Å²) >= 11 is 0. The highest BCUT2D eigenvalue weighted by Crippen LogP contribution is 2.33. The second kappa shape index (κ2) is 13.4. The molecule has 0 saturated carbocycles. The number of aliphatic carboxylic acids is 2. The summed E-state index contributed by atoms with van der Waals surface area (Å²) < 4.78 is 42.0. The molecule has 2 atom stereocenters. The van der Waals surface area contributed by atoms with Gasteiger partial charge in [-0.2, -0.15) is 13.2 Å². The quantitative estimate of drug-likeness (QED) is 0.242. The zero-order valence-electron chi connectivity index (χ0n) is 23.4. The number of carboxylic acid groups (broad SMARTS) is 2. The van der Waals surface area contributed by atoms with E-state index < -0.39 is 30.6 Å². The van der Waals surface area contributed by atoms with Gasteiger partial charge in [0, 0.05) is 49.6 Å². The van der Waals surface area contributed by atoms with E-state index in [2.05, 4.69) is 22.9 Å². The zero-order chi connectivity index (χ0) is 30.4. The van der Waals surface area contributed by atoms with Gasteiger partial charge >= 0.3 is 18.1 Å². The smallest absolute Gasteiger partial charge is 0.389 e. The number of para-hydroxylation sites is 1. The molecule has 42 heavy (non-hydrogen) atoms. The average molecular weight is 588 g/mol. The van der Waals surface area contributed by atoms with Crippen molar-refractivity contribution in [1.82, 2.24) is 9.88 Å². The highest BCUT2D eigenvalue weighted by Gasteiger charge is 2.33. The molecule has 1 aromatic heterocycles. The fraction of sp³-hybridized carbons (Fsp3) is 0.419. The lowest BCUT2D eigenvalue weighted by Crippen LogP contribution is -2.51. The minimum atomic E-state index is -4.14. The molecular weight excluding hydrogens is 551 g/mol. The van der Waals surface area contributed by atoms with Crippen molar-refractivity contribution < 1.29 is 37.7 Å². The van der Waals surface area contributed by atoms with Gasteiger partial charge < -0.3 is 25.7 Å². The molecule has 2 aliphatic rings. The van der Waals surface area contributed by atoms with Gasteiger partial charge in [-0.1, -0.05) is 42.8 Å². The maximum atomic E-state index is 12.2. The number of nitrogens with one attached hydrogen (secondary N) is 1. The zero-order valence-corrected chi connectivity index (χ0v) is 23.4. The summed E-state index contributed by atoms with van der Waals surface area (Å²) in [6.45, 7) is 4.16. The highest BCUT2D eigenvalue weighted by molar-refractivity contribution is 5.84. The number of alkyl halides is 3. The number of nitrogens with zero attached hydrogens (tertiary/aromatic N) is 1. The number of ether oxygens (including phenoxy) is 1. The minimum absolute atomic E-state index is 0.0474. The summed E-state index contributed by atoms with van der Waals surface area (Å²) in [5.41, 5.74) is 10.9. The molecule has 0 radical (unpaired) electrons. The van der Waals surface area contributed by atoms with Crippen LogP contribution in [0.3, 0.4) is 0 Å². The number of fused-ring (bicyclic) bond motifs is 2. The Hall–Kier alpha value is -3.83. The van der Waals surface area contributed by atoms with Crippen molar-refractivity contribution in [3.8, 4) is 5.75 Å². The van der Waals surface area contributed by atoms with Crippen LogP contribution in [0.15, 0.2) is 54.2 Å². The van der Waals surface area contributed by atoms with Crippen molar-refractivity contribution in [1.29, 1.82) is 0 Å². The van der Waals surface area contributed by atoms with Crippen LogP contribution in [0.1, 0.15) is 36.5 Å². The maximum absolute atomic E-state index is 12.2. The summed E-state index contributed by atoms with van der Waals surface area (Å²) in [5, 5.41) is 18.7. The number of aromatic nitrogens is 1. The molecule has 0 bridgehead atoms. The number of likely N-dealkylation sites (tertiary alicyclic amines) is 1. The van der Waals surface area contributed by atoms with E-state index in [1.165, 1.54) is 5.57 Å². The Bertz CT molecular complexity index is 1430. The third-order valence-corrected chi connectivity index (χ3v) is 7.63. The number of rotatable bonds is 10. The number of hydrogen-bond acceptors (Lipinski definition) is 5. The Labute approximate surface area is 242 Å². The van der Waals surface area contributed by atoms with Gasteiger partial charge in [0.25, 0.3) is 0 Å². The third kappa shape index (κ3) is 8.36. The standard InChI is InChI=1S/C20H24F3NO3.C11H12N2O2/c1-13-7-15-9-18(27-6-2-5-20(21,22)23)4-3-14(15)8-16(13)10-24-11-17(12-24)19(25)26;12-9(11(14)15)5-7-6-13-10-4-2-1-3-8(7)10/h3-4,8-9,13,17H,2,5-7,10-12H2,1H3,(H,25,26);1-4,6,9,13H,5,12H2,(H,14,15)/t13-;9-/m00/s1. The Morgan fingerprint density at radius 1 is 1.17 bits per heavy atom. The SMILES string of the molecule is C[C@H]1Cc2cc(OCCCC(F)(F)F)ccc2C=C1CN1CC(C(=O)O)C1.N[C@@H](Cc1c[nH]c2ccccc12)C(=O)O. The molecule has 1 saturated heterocycles. The Balaban J connectivity index is 0.000000227. The van der Waals surface area contributed by atoms with E-state index in [0.717, 1.165) is 40.6 Å². The van der Waals surface area contributed by atoms with Crippen LogP contribution < -0.4 is 10.5 Å². The van der Waals surface area contributed by atoms with Gasteiger partial charge in [0.1, 0.15) is 11.8 Å². The number of carboxylic acids is 2. The van der Waals surface area contributed by atoms with E-state index in [-0.39, 0.29) is 18.9 Å². The van der Waals surface area contributed by atoms with Crippen molar-refractivity contribution >= 4 is 28.9 Å². The molecule has 2 heterocycles. The molecule has 5 N–H and O–H groups in total. The molecule has 1 aliphatic carbocycles. The molecule has 0 spiro atoms. The molecule has 2 aromatic carbocycles. The number of aromatic amines is 1. The predicted molar refractivity (Wildman–Crippen MR) is 153 cm³/mol. The minimum Gasteiger partial charge on any atom is -0.494 e. The Kier molecular flexibility index (Phi) is 9.95. The van der Waals surface area contributed by atoms with Crippen LogP contribution in [-0.4, -0.2) is 70.5 Å². The van der Waals surface area contributed by atoms with Crippen LogP contribution in [0.4, 0.5) is 13.2 Å². The molecule has 226 valence electrons. The molecule has 8 nitrogen and oxygen atoms in total. The molecule has 5 rings (SSSR count).